The molecule has 0 aliphatic heterocycles. The van der Waals surface area contributed by atoms with E-state index in [1.165, 1.54) is 12.1 Å². The number of hydrogen-bond donors (Lipinski definition) is 1. The Hall–Kier alpha value is -1.70. The number of nitrogens with one attached hydrogen (secondary N) is 1. The van der Waals surface area contributed by atoms with Crippen molar-refractivity contribution in [1.29, 1.82) is 0 Å². The van der Waals surface area contributed by atoms with Crippen molar-refractivity contribution in [1.82, 2.24) is 9.62 Å². The van der Waals surface area contributed by atoms with Crippen LogP contribution in [0.3, 0.4) is 0 Å². The minimum Gasteiger partial charge on any atom is -0.337 e. The second kappa shape index (κ2) is 7.25. The summed E-state index contributed by atoms with van der Waals surface area (Å²) in [5.74, 6) is -0.190. The van der Waals surface area contributed by atoms with E-state index in [0.717, 1.165) is 10.4 Å². The first-order valence-electron chi connectivity index (χ1n) is 7.23. The lowest BCUT2D eigenvalue weighted by Gasteiger charge is -2.18. The Bertz CT molecular complexity index is 784. The van der Waals surface area contributed by atoms with E-state index in [4.69, 9.17) is 0 Å². The van der Waals surface area contributed by atoms with Gasteiger partial charge in [-0.2, -0.15) is 0 Å². The second-order valence-corrected chi connectivity index (χ2v) is 8.02. The van der Waals surface area contributed by atoms with Crippen LogP contribution >= 0.6 is 11.3 Å². The Balaban J connectivity index is 2.29. The molecule has 0 bridgehead atoms. The maximum absolute atomic E-state index is 12.6. The first-order chi connectivity index (χ1) is 10.8. The lowest BCUT2D eigenvalue weighted by molar-refractivity contribution is 0.0785. The summed E-state index contributed by atoms with van der Waals surface area (Å²) in [5, 5.41) is 1.96. The molecule has 0 aliphatic carbocycles. The Morgan fingerprint density at radius 1 is 1.30 bits per heavy atom. The van der Waals surface area contributed by atoms with Crippen molar-refractivity contribution in [3.8, 4) is 0 Å². The zero-order valence-corrected chi connectivity index (χ0v) is 15.0. The van der Waals surface area contributed by atoms with Gasteiger partial charge >= 0.3 is 0 Å². The number of amides is 1. The summed E-state index contributed by atoms with van der Waals surface area (Å²) in [6.45, 7) is 4.32. The molecular formula is C16H20N2O3S2. The molecule has 0 atom stereocenters. The normalized spacial score (nSPS) is 11.4. The monoisotopic (exact) mass is 352 g/mol. The van der Waals surface area contributed by atoms with Crippen molar-refractivity contribution in [3.05, 3.63) is 51.7 Å². The summed E-state index contributed by atoms with van der Waals surface area (Å²) in [7, 11) is -1.86. The zero-order valence-electron chi connectivity index (χ0n) is 13.4. The molecule has 0 unspecified atom stereocenters. The third kappa shape index (κ3) is 4.19. The molecule has 0 spiro atoms. The fourth-order valence-corrected chi connectivity index (χ4v) is 4.01. The molecule has 1 heterocycles. The van der Waals surface area contributed by atoms with E-state index in [1.54, 1.807) is 43.2 Å². The average Bonchev–Trinajstić information content (AvgIpc) is 2.99. The molecule has 1 aromatic heterocycles. The van der Waals surface area contributed by atoms with Gasteiger partial charge in [-0.25, -0.2) is 13.1 Å². The molecular weight excluding hydrogens is 332 g/mol. The fourth-order valence-electron chi connectivity index (χ4n) is 2.19. The quantitative estimate of drug-likeness (QED) is 0.869. The topological polar surface area (TPSA) is 66.5 Å². The highest BCUT2D eigenvalue weighted by molar-refractivity contribution is 7.89. The highest BCUT2D eigenvalue weighted by atomic mass is 32.2. The molecule has 2 rings (SSSR count). The van der Waals surface area contributed by atoms with Crippen molar-refractivity contribution >= 4 is 27.3 Å². The summed E-state index contributed by atoms with van der Waals surface area (Å²) >= 11 is 1.58. The van der Waals surface area contributed by atoms with Gasteiger partial charge in [-0.3, -0.25) is 4.79 Å². The predicted octanol–water partition coefficient (Wildman–Crippen LogP) is 2.63. The number of aryl methyl sites for hydroxylation is 1. The number of sulfonamides is 1. The van der Waals surface area contributed by atoms with E-state index in [1.807, 2.05) is 17.5 Å². The summed E-state index contributed by atoms with van der Waals surface area (Å²) in [6, 6.07) is 8.53. The minimum atomic E-state index is -3.58. The molecule has 23 heavy (non-hydrogen) atoms. The molecule has 1 aromatic carbocycles. The number of rotatable bonds is 6. The summed E-state index contributed by atoms with van der Waals surface area (Å²) in [4.78, 5) is 15.4. The van der Waals surface area contributed by atoms with Gasteiger partial charge in [-0.05, 0) is 36.1 Å². The lowest BCUT2D eigenvalue weighted by Crippen LogP contribution is -2.27. The van der Waals surface area contributed by atoms with Gasteiger partial charge in [0.15, 0.2) is 0 Å². The summed E-state index contributed by atoms with van der Waals surface area (Å²) in [6.07, 6.45) is 0. The number of nitrogens with zero attached hydrogens (tertiary/aromatic N) is 1. The Morgan fingerprint density at radius 2 is 2.04 bits per heavy atom. The van der Waals surface area contributed by atoms with Crippen molar-refractivity contribution in [3.63, 3.8) is 0 Å². The molecule has 0 saturated carbocycles. The van der Waals surface area contributed by atoms with Crippen molar-refractivity contribution < 1.29 is 13.2 Å². The van der Waals surface area contributed by atoms with Crippen molar-refractivity contribution in [2.24, 2.45) is 0 Å². The molecule has 0 aliphatic rings. The minimum absolute atomic E-state index is 0.109. The maximum Gasteiger partial charge on any atom is 0.254 e. The van der Waals surface area contributed by atoms with Gasteiger partial charge in [0.2, 0.25) is 10.0 Å². The van der Waals surface area contributed by atoms with E-state index in [9.17, 15) is 13.2 Å². The number of benzene rings is 1. The third-order valence-electron chi connectivity index (χ3n) is 3.40. The largest absolute Gasteiger partial charge is 0.337 e. The smallest absolute Gasteiger partial charge is 0.254 e. The van der Waals surface area contributed by atoms with Crippen LogP contribution in [0, 0.1) is 6.92 Å². The summed E-state index contributed by atoms with van der Waals surface area (Å²) in [5.41, 5.74) is 1.16. The van der Waals surface area contributed by atoms with Crippen LogP contribution in [0.4, 0.5) is 0 Å². The Kier molecular flexibility index (Phi) is 5.56. The standard InChI is InChI=1S/C16H20N2O3S2/c1-4-17-23(20,21)14-8-7-12(2)15(10-14)16(19)18(3)11-13-6-5-9-22-13/h5-10,17H,4,11H2,1-3H3. The van der Waals surface area contributed by atoms with E-state index in [2.05, 4.69) is 4.72 Å². The molecule has 0 fully saturated rings. The fraction of sp³-hybridized carbons (Fsp3) is 0.312. The predicted molar refractivity (Wildman–Crippen MR) is 92.2 cm³/mol. The number of carbonyl (C=O) groups excluding carboxylic acids is 1. The zero-order chi connectivity index (χ0) is 17.0. The van der Waals surface area contributed by atoms with Gasteiger partial charge in [-0.1, -0.05) is 19.1 Å². The summed E-state index contributed by atoms with van der Waals surface area (Å²) < 4.78 is 26.7. The van der Waals surface area contributed by atoms with Crippen molar-refractivity contribution in [2.45, 2.75) is 25.3 Å². The van der Waals surface area contributed by atoms with Gasteiger partial charge in [-0.15, -0.1) is 11.3 Å². The van der Waals surface area contributed by atoms with Crippen LogP contribution in [-0.4, -0.2) is 32.8 Å². The molecule has 1 amide bonds. The Morgan fingerprint density at radius 3 is 2.65 bits per heavy atom. The van der Waals surface area contributed by atoms with Crippen LogP contribution in [0.15, 0.2) is 40.6 Å². The molecule has 7 heteroatoms. The second-order valence-electron chi connectivity index (χ2n) is 5.22. The highest BCUT2D eigenvalue weighted by Crippen LogP contribution is 2.19. The van der Waals surface area contributed by atoms with Gasteiger partial charge < -0.3 is 4.90 Å². The lowest BCUT2D eigenvalue weighted by atomic mass is 10.1. The molecule has 1 N–H and O–H groups in total. The molecule has 2 aromatic rings. The third-order valence-corrected chi connectivity index (χ3v) is 5.81. The molecule has 0 radical (unpaired) electrons. The number of carbonyl (C=O) groups is 1. The first kappa shape index (κ1) is 17.7. The SMILES string of the molecule is CCNS(=O)(=O)c1ccc(C)c(C(=O)N(C)Cc2cccs2)c1. The van der Waals surface area contributed by atoms with E-state index in [-0.39, 0.29) is 10.8 Å². The van der Waals surface area contributed by atoms with Crippen molar-refractivity contribution in [2.75, 3.05) is 13.6 Å². The van der Waals surface area contributed by atoms with Gasteiger partial charge in [0.25, 0.3) is 5.91 Å². The Labute approximate surface area is 141 Å². The average molecular weight is 352 g/mol. The van der Waals surface area contributed by atoms with E-state index in [0.29, 0.717) is 18.7 Å². The maximum atomic E-state index is 12.6. The van der Waals surface area contributed by atoms with Crippen LogP contribution in [0.1, 0.15) is 27.7 Å². The number of hydrogen-bond acceptors (Lipinski definition) is 4. The van der Waals surface area contributed by atoms with Crippen LogP contribution in [0.5, 0.6) is 0 Å². The molecule has 124 valence electrons. The van der Waals surface area contributed by atoms with Gasteiger partial charge in [0.05, 0.1) is 11.4 Å². The molecule has 0 saturated heterocycles. The van der Waals surface area contributed by atoms with Crippen LogP contribution < -0.4 is 4.72 Å². The first-order valence-corrected chi connectivity index (χ1v) is 9.59. The molecule has 5 nitrogen and oxygen atoms in total. The van der Waals surface area contributed by atoms with Crippen LogP contribution in [0.25, 0.3) is 0 Å². The number of thiophene rings is 1. The van der Waals surface area contributed by atoms with Crippen LogP contribution in [-0.2, 0) is 16.6 Å². The van der Waals surface area contributed by atoms with Gasteiger partial charge in [0.1, 0.15) is 0 Å². The van der Waals surface area contributed by atoms with E-state index < -0.39 is 10.0 Å². The van der Waals surface area contributed by atoms with Gasteiger partial charge in [0, 0.05) is 24.0 Å². The van der Waals surface area contributed by atoms with E-state index >= 15 is 0 Å². The van der Waals surface area contributed by atoms with Crippen LogP contribution in [0.2, 0.25) is 0 Å². The highest BCUT2D eigenvalue weighted by Gasteiger charge is 2.19.